The quantitative estimate of drug-likeness (QED) is 0.758. The average Bonchev–Trinajstić information content (AvgIpc) is 2.35. The normalized spacial score (nSPS) is 13.0. The minimum atomic E-state index is -2.77. The minimum Gasteiger partial charge on any atom is -0.435 e. The lowest BCUT2D eigenvalue weighted by Crippen LogP contribution is -2.16. The van der Waals surface area contributed by atoms with E-state index in [0.29, 0.717) is 5.92 Å². The zero-order chi connectivity index (χ0) is 14.3. The lowest BCUT2D eigenvalue weighted by atomic mass is 9.98. The highest BCUT2D eigenvalue weighted by Gasteiger charge is 2.10. The molecule has 19 heavy (non-hydrogen) atoms. The molecule has 108 valence electrons. The summed E-state index contributed by atoms with van der Waals surface area (Å²) in [6, 6.07) is 7.13. The van der Waals surface area contributed by atoms with E-state index < -0.39 is 6.61 Å². The molecule has 0 saturated heterocycles. The maximum absolute atomic E-state index is 12.1. The monoisotopic (exact) mass is 271 g/mol. The Hall–Kier alpha value is -1.16. The van der Waals surface area contributed by atoms with Gasteiger partial charge in [-0.3, -0.25) is 0 Å². The molecule has 1 N–H and O–H groups in total. The third kappa shape index (κ3) is 6.01. The zero-order valence-corrected chi connectivity index (χ0v) is 11.8. The molecule has 0 aliphatic rings. The molecule has 1 atom stereocenters. The highest BCUT2D eigenvalue weighted by molar-refractivity contribution is 5.29. The maximum atomic E-state index is 12.1. The van der Waals surface area contributed by atoms with Crippen molar-refractivity contribution in [1.82, 2.24) is 5.32 Å². The van der Waals surface area contributed by atoms with Crippen LogP contribution in [0.5, 0.6) is 5.75 Å². The molecule has 0 spiro atoms. The number of rotatable bonds is 8. The van der Waals surface area contributed by atoms with Crippen molar-refractivity contribution in [2.75, 3.05) is 7.05 Å². The van der Waals surface area contributed by atoms with Crippen molar-refractivity contribution in [3.63, 3.8) is 0 Å². The fraction of sp³-hybridized carbons (Fsp3) is 0.600. The summed E-state index contributed by atoms with van der Waals surface area (Å²) in [6.07, 6.45) is 3.40. The van der Waals surface area contributed by atoms with Crippen molar-refractivity contribution in [3.8, 4) is 5.75 Å². The number of benzene rings is 1. The zero-order valence-electron chi connectivity index (χ0n) is 11.8. The van der Waals surface area contributed by atoms with Gasteiger partial charge < -0.3 is 10.1 Å². The van der Waals surface area contributed by atoms with Crippen LogP contribution in [0.1, 0.15) is 44.7 Å². The lowest BCUT2D eigenvalue weighted by molar-refractivity contribution is -0.0498. The molecule has 0 fully saturated rings. The van der Waals surface area contributed by atoms with E-state index >= 15 is 0 Å². The molecule has 0 aromatic heterocycles. The van der Waals surface area contributed by atoms with E-state index in [1.54, 1.807) is 12.1 Å². The van der Waals surface area contributed by atoms with E-state index in [0.717, 1.165) is 18.4 Å². The molecule has 1 aromatic carbocycles. The van der Waals surface area contributed by atoms with Gasteiger partial charge in [-0.25, -0.2) is 0 Å². The smallest absolute Gasteiger partial charge is 0.387 e. The van der Waals surface area contributed by atoms with Gasteiger partial charge in [0, 0.05) is 6.04 Å². The van der Waals surface area contributed by atoms with Crippen LogP contribution in [0.2, 0.25) is 0 Å². The molecule has 0 saturated carbocycles. The van der Waals surface area contributed by atoms with Crippen LogP contribution < -0.4 is 10.1 Å². The van der Waals surface area contributed by atoms with Crippen molar-refractivity contribution in [2.24, 2.45) is 5.92 Å². The Morgan fingerprint density at radius 3 is 2.21 bits per heavy atom. The summed E-state index contributed by atoms with van der Waals surface area (Å²) in [4.78, 5) is 0. The number of ether oxygens (including phenoxy) is 1. The van der Waals surface area contributed by atoms with Gasteiger partial charge in [-0.1, -0.05) is 38.8 Å². The van der Waals surface area contributed by atoms with Gasteiger partial charge in [-0.2, -0.15) is 8.78 Å². The molecule has 0 aliphatic heterocycles. The SMILES string of the molecule is CNC(CCCC(C)C)c1ccc(OC(F)F)cc1. The fourth-order valence-corrected chi connectivity index (χ4v) is 2.09. The first-order chi connectivity index (χ1) is 9.02. The first-order valence-corrected chi connectivity index (χ1v) is 6.75. The van der Waals surface area contributed by atoms with Crippen LogP contribution in [-0.4, -0.2) is 13.7 Å². The van der Waals surface area contributed by atoms with Crippen LogP contribution in [0.25, 0.3) is 0 Å². The van der Waals surface area contributed by atoms with E-state index in [2.05, 4.69) is 23.9 Å². The molecular formula is C15H23F2NO. The van der Waals surface area contributed by atoms with E-state index in [1.165, 1.54) is 6.42 Å². The fourth-order valence-electron chi connectivity index (χ4n) is 2.09. The third-order valence-electron chi connectivity index (χ3n) is 3.13. The highest BCUT2D eigenvalue weighted by atomic mass is 19.3. The number of nitrogens with one attached hydrogen (secondary N) is 1. The molecule has 1 aromatic rings. The van der Waals surface area contributed by atoms with Gasteiger partial charge in [0.05, 0.1) is 0 Å². The first-order valence-electron chi connectivity index (χ1n) is 6.75. The van der Waals surface area contributed by atoms with Gasteiger partial charge in [0.15, 0.2) is 0 Å². The largest absolute Gasteiger partial charge is 0.435 e. The molecular weight excluding hydrogens is 248 g/mol. The van der Waals surface area contributed by atoms with Crippen molar-refractivity contribution in [1.29, 1.82) is 0 Å². The van der Waals surface area contributed by atoms with Gasteiger partial charge in [0.2, 0.25) is 0 Å². The van der Waals surface area contributed by atoms with Crippen molar-refractivity contribution in [3.05, 3.63) is 29.8 Å². The summed E-state index contributed by atoms with van der Waals surface area (Å²) in [6.45, 7) is 1.66. The molecule has 0 aliphatic carbocycles. The van der Waals surface area contributed by atoms with Crippen molar-refractivity contribution in [2.45, 2.75) is 45.8 Å². The Balaban J connectivity index is 2.55. The van der Waals surface area contributed by atoms with Crippen LogP contribution in [0.3, 0.4) is 0 Å². The third-order valence-corrected chi connectivity index (χ3v) is 3.13. The Morgan fingerprint density at radius 2 is 1.74 bits per heavy atom. The number of hydrogen-bond acceptors (Lipinski definition) is 2. The van der Waals surface area contributed by atoms with Gasteiger partial charge in [-0.15, -0.1) is 0 Å². The van der Waals surface area contributed by atoms with Gasteiger partial charge >= 0.3 is 6.61 Å². The number of alkyl halides is 2. The Morgan fingerprint density at radius 1 is 1.11 bits per heavy atom. The molecule has 4 heteroatoms. The van der Waals surface area contributed by atoms with Crippen molar-refractivity contribution < 1.29 is 13.5 Å². The molecule has 0 bridgehead atoms. The average molecular weight is 271 g/mol. The van der Waals surface area contributed by atoms with Crippen LogP contribution in [-0.2, 0) is 0 Å². The van der Waals surface area contributed by atoms with Gasteiger partial charge in [0.25, 0.3) is 0 Å². The predicted molar refractivity (Wildman–Crippen MR) is 73.6 cm³/mol. The standard InChI is InChI=1S/C15H23F2NO/c1-11(2)5-4-6-14(18-3)12-7-9-13(10-8-12)19-15(16)17/h7-11,14-15,18H,4-6H2,1-3H3. The maximum Gasteiger partial charge on any atom is 0.387 e. The van der Waals surface area contributed by atoms with Crippen LogP contribution in [0, 0.1) is 5.92 Å². The summed E-state index contributed by atoms with van der Waals surface area (Å²) in [5.41, 5.74) is 1.10. The molecule has 2 nitrogen and oxygen atoms in total. The molecule has 1 unspecified atom stereocenters. The number of halogens is 2. The van der Waals surface area contributed by atoms with E-state index in [1.807, 2.05) is 19.2 Å². The Bertz CT molecular complexity index is 352. The number of hydrogen-bond donors (Lipinski definition) is 1. The van der Waals surface area contributed by atoms with Crippen molar-refractivity contribution >= 4 is 0 Å². The van der Waals surface area contributed by atoms with Crippen LogP contribution in [0.4, 0.5) is 8.78 Å². The topological polar surface area (TPSA) is 21.3 Å². The summed E-state index contributed by atoms with van der Waals surface area (Å²) in [7, 11) is 1.92. The molecule has 0 amide bonds. The molecule has 0 heterocycles. The summed E-state index contributed by atoms with van der Waals surface area (Å²) in [5, 5.41) is 3.26. The van der Waals surface area contributed by atoms with E-state index in [-0.39, 0.29) is 11.8 Å². The summed E-state index contributed by atoms with van der Waals surface area (Å²) in [5.74, 6) is 0.912. The first kappa shape index (κ1) is 15.9. The summed E-state index contributed by atoms with van der Waals surface area (Å²) >= 11 is 0. The predicted octanol–water partition coefficient (Wildman–Crippen LogP) is 4.37. The highest BCUT2D eigenvalue weighted by Crippen LogP contribution is 2.23. The van der Waals surface area contributed by atoms with E-state index in [9.17, 15) is 8.78 Å². The second-order valence-corrected chi connectivity index (χ2v) is 5.11. The Kier molecular flexibility index (Phi) is 6.78. The van der Waals surface area contributed by atoms with E-state index in [4.69, 9.17) is 0 Å². The minimum absolute atomic E-state index is 0.204. The second kappa shape index (κ2) is 8.10. The molecule has 0 radical (unpaired) electrons. The van der Waals surface area contributed by atoms with Gasteiger partial charge in [-0.05, 0) is 37.1 Å². The Labute approximate surface area is 114 Å². The molecule has 1 rings (SSSR count). The van der Waals surface area contributed by atoms with Crippen LogP contribution >= 0.6 is 0 Å². The van der Waals surface area contributed by atoms with Gasteiger partial charge in [0.1, 0.15) is 5.75 Å². The summed E-state index contributed by atoms with van der Waals surface area (Å²) < 4.78 is 28.4. The lowest BCUT2D eigenvalue weighted by Gasteiger charge is -2.17. The second-order valence-electron chi connectivity index (χ2n) is 5.11. The van der Waals surface area contributed by atoms with Crippen LogP contribution in [0.15, 0.2) is 24.3 Å².